The molecule has 0 saturated carbocycles. The lowest BCUT2D eigenvalue weighted by Crippen LogP contribution is -2.50. The lowest BCUT2D eigenvalue weighted by atomic mass is 9.89. The van der Waals surface area contributed by atoms with Crippen LogP contribution in [0.2, 0.25) is 0 Å². The van der Waals surface area contributed by atoms with Crippen molar-refractivity contribution in [1.82, 2.24) is 14.6 Å². The molecule has 1 saturated heterocycles. The second-order valence-corrected chi connectivity index (χ2v) is 12.5. The van der Waals surface area contributed by atoms with Crippen LogP contribution in [0.15, 0.2) is 82.3 Å². The average molecular weight is 584 g/mol. The van der Waals surface area contributed by atoms with Crippen molar-refractivity contribution in [3.05, 3.63) is 89.1 Å². The Labute approximate surface area is 234 Å². The van der Waals surface area contributed by atoms with Crippen molar-refractivity contribution >= 4 is 44.9 Å². The van der Waals surface area contributed by atoms with Gasteiger partial charge in [0.05, 0.1) is 5.69 Å². The number of aryl methyl sites for hydroxylation is 1. The lowest BCUT2D eigenvalue weighted by molar-refractivity contribution is -0.124. The van der Waals surface area contributed by atoms with Crippen LogP contribution in [0.25, 0.3) is 6.08 Å². The summed E-state index contributed by atoms with van der Waals surface area (Å²) in [6.45, 7) is 2.04. The smallest absolute Gasteiger partial charge is 0.253 e. The predicted molar refractivity (Wildman–Crippen MR) is 150 cm³/mol. The maximum absolute atomic E-state index is 13.1. The highest BCUT2D eigenvalue weighted by atomic mass is 32.2. The number of nitrogens with zero attached hydrogens (tertiary/aromatic N) is 3. The molecule has 1 amide bonds. The van der Waals surface area contributed by atoms with E-state index in [4.69, 9.17) is 0 Å². The van der Waals surface area contributed by atoms with Crippen LogP contribution >= 0.6 is 0 Å². The molecule has 10 nitrogen and oxygen atoms in total. The van der Waals surface area contributed by atoms with Gasteiger partial charge in [-0.05, 0) is 79.4 Å². The number of benzene rings is 2. The summed E-state index contributed by atoms with van der Waals surface area (Å²) in [7, 11) is -3.77. The first kappa shape index (κ1) is 27.8. The van der Waals surface area contributed by atoms with E-state index in [0.717, 1.165) is 11.0 Å². The van der Waals surface area contributed by atoms with Crippen LogP contribution in [0.5, 0.6) is 5.75 Å². The minimum absolute atomic E-state index is 0.0112. The largest absolute Gasteiger partial charge is 0.588 e. The average Bonchev–Trinajstić information content (AvgIpc) is 3.28. The highest BCUT2D eigenvalue weighted by Gasteiger charge is 2.47. The molecule has 2 aliphatic heterocycles. The normalized spacial score (nSPS) is 18.0. The molecule has 1 unspecified atom stereocenters. The molecule has 2 aliphatic rings. The van der Waals surface area contributed by atoms with Crippen molar-refractivity contribution < 1.29 is 27.2 Å². The SMILES string of the molecule is Cc1cc([S+]([O-])Nc2ccncc2)ccc1/C=C/S(=O)(=O)N1CCC2(CC1)N=C(c1cccc(OF)c1)NC2=O. The number of piperidine rings is 1. The Morgan fingerprint density at radius 1 is 1.15 bits per heavy atom. The van der Waals surface area contributed by atoms with E-state index in [1.807, 2.05) is 6.92 Å². The molecule has 13 heteroatoms. The monoisotopic (exact) mass is 583 g/mol. The van der Waals surface area contributed by atoms with E-state index >= 15 is 0 Å². The third-order valence-electron chi connectivity index (χ3n) is 6.85. The fourth-order valence-electron chi connectivity index (χ4n) is 4.58. The number of aliphatic imine (C=N–C) groups is 1. The quantitative estimate of drug-likeness (QED) is 0.388. The number of pyridine rings is 1. The first-order valence-electron chi connectivity index (χ1n) is 12.4. The number of halogens is 1. The van der Waals surface area contributed by atoms with Gasteiger partial charge in [0.25, 0.3) is 5.91 Å². The summed E-state index contributed by atoms with van der Waals surface area (Å²) in [5.41, 5.74) is 1.52. The Kier molecular flexibility index (Phi) is 7.90. The minimum Gasteiger partial charge on any atom is -0.588 e. The summed E-state index contributed by atoms with van der Waals surface area (Å²) in [5, 5.41) is 3.88. The van der Waals surface area contributed by atoms with Gasteiger partial charge in [-0.1, -0.05) is 12.1 Å². The molecule has 40 heavy (non-hydrogen) atoms. The number of carbonyl (C=O) groups excluding carboxylic acids is 1. The number of sulfonamides is 1. The summed E-state index contributed by atoms with van der Waals surface area (Å²) < 4.78 is 55.6. The van der Waals surface area contributed by atoms with Crippen molar-refractivity contribution in [2.24, 2.45) is 4.99 Å². The van der Waals surface area contributed by atoms with E-state index in [0.29, 0.717) is 27.5 Å². The van der Waals surface area contributed by atoms with Crippen LogP contribution in [0.4, 0.5) is 10.2 Å². The first-order valence-corrected chi connectivity index (χ1v) is 15.0. The van der Waals surface area contributed by atoms with Gasteiger partial charge in [0.1, 0.15) is 22.7 Å². The molecular formula is C27H26FN5O5S2. The molecule has 0 aliphatic carbocycles. The second-order valence-electron chi connectivity index (χ2n) is 9.42. The number of aromatic nitrogens is 1. The van der Waals surface area contributed by atoms with Gasteiger partial charge >= 0.3 is 0 Å². The van der Waals surface area contributed by atoms with Crippen LogP contribution in [0.1, 0.15) is 29.5 Å². The zero-order valence-corrected chi connectivity index (χ0v) is 23.0. The van der Waals surface area contributed by atoms with E-state index < -0.39 is 26.9 Å². The van der Waals surface area contributed by atoms with Crippen molar-refractivity contribution in [3.8, 4) is 5.75 Å². The summed E-state index contributed by atoms with van der Waals surface area (Å²) in [4.78, 5) is 25.7. The fraction of sp³-hybridized carbons (Fsp3) is 0.222. The topological polar surface area (TPSA) is 136 Å². The van der Waals surface area contributed by atoms with Gasteiger partial charge in [-0.15, -0.1) is 0 Å². The standard InChI is InChI=1S/C27H26FN5O5S2/c1-19-17-24(39(35)32-22-7-12-29-13-8-22)6-5-20(19)9-16-40(36,37)33-14-10-27(11-15-33)26(34)30-25(31-27)21-3-2-4-23(18-21)38-28/h2-9,12-13,16-18H,10-11,14-15H2,1H3,(H,29,32)(H,30,31,34)/b16-9+. The summed E-state index contributed by atoms with van der Waals surface area (Å²) in [6.07, 6.45) is 5.12. The molecule has 3 heterocycles. The van der Waals surface area contributed by atoms with Gasteiger partial charge in [-0.2, -0.15) is 4.31 Å². The molecule has 2 N–H and O–H groups in total. The first-order chi connectivity index (χ1) is 19.2. The molecule has 1 atom stereocenters. The number of hydrogen-bond acceptors (Lipinski definition) is 8. The zero-order valence-electron chi connectivity index (χ0n) is 21.4. The number of hydrogen-bond donors (Lipinski definition) is 2. The van der Waals surface area contributed by atoms with Crippen molar-refractivity contribution in [3.63, 3.8) is 0 Å². The maximum Gasteiger partial charge on any atom is 0.253 e. The van der Waals surface area contributed by atoms with Gasteiger partial charge in [0.2, 0.25) is 10.0 Å². The number of nitrogens with one attached hydrogen (secondary N) is 2. The van der Waals surface area contributed by atoms with Gasteiger partial charge in [-0.3, -0.25) is 19.7 Å². The van der Waals surface area contributed by atoms with Crippen molar-refractivity contribution in [2.45, 2.75) is 30.2 Å². The molecule has 1 spiro atoms. The molecule has 208 valence electrons. The summed E-state index contributed by atoms with van der Waals surface area (Å²) in [6, 6.07) is 14.7. The van der Waals surface area contributed by atoms with Crippen LogP contribution in [0, 0.1) is 6.92 Å². The predicted octanol–water partition coefficient (Wildman–Crippen LogP) is 3.50. The lowest BCUT2D eigenvalue weighted by Gasteiger charge is -2.34. The number of amides is 1. The number of amidine groups is 1. The maximum atomic E-state index is 13.1. The third kappa shape index (κ3) is 5.87. The Balaban J connectivity index is 1.24. The highest BCUT2D eigenvalue weighted by molar-refractivity contribution is 7.92. The van der Waals surface area contributed by atoms with Crippen molar-refractivity contribution in [1.29, 1.82) is 0 Å². The van der Waals surface area contributed by atoms with Gasteiger partial charge in [-0.25, -0.2) is 13.1 Å². The summed E-state index contributed by atoms with van der Waals surface area (Å²) >= 11 is -1.50. The van der Waals surface area contributed by atoms with E-state index in [-0.39, 0.29) is 37.6 Å². The Bertz CT molecular complexity index is 1580. The van der Waals surface area contributed by atoms with Gasteiger partial charge in [0.15, 0.2) is 10.6 Å². The van der Waals surface area contributed by atoms with E-state index in [2.05, 4.69) is 25.0 Å². The van der Waals surface area contributed by atoms with Crippen LogP contribution in [0.3, 0.4) is 0 Å². The number of anilines is 1. The fourth-order valence-corrected chi connectivity index (χ4v) is 6.70. The number of rotatable bonds is 8. The Morgan fingerprint density at radius 2 is 1.90 bits per heavy atom. The second kappa shape index (κ2) is 11.4. The van der Waals surface area contributed by atoms with Crippen molar-refractivity contribution in [2.75, 3.05) is 17.8 Å². The van der Waals surface area contributed by atoms with Crippen LogP contribution < -0.4 is 15.0 Å². The van der Waals surface area contributed by atoms with E-state index in [1.54, 1.807) is 54.9 Å². The third-order valence-corrected chi connectivity index (χ3v) is 9.52. The van der Waals surface area contributed by atoms with Gasteiger partial charge < -0.3 is 9.87 Å². The minimum atomic E-state index is -3.77. The number of carbonyl (C=O) groups is 1. The molecule has 5 rings (SSSR count). The summed E-state index contributed by atoms with van der Waals surface area (Å²) in [5.74, 6) is -0.0213. The van der Waals surface area contributed by atoms with Crippen LogP contribution in [-0.2, 0) is 26.2 Å². The van der Waals surface area contributed by atoms with E-state index in [1.165, 1.54) is 22.5 Å². The molecule has 1 aromatic heterocycles. The molecule has 0 bridgehead atoms. The molecule has 0 radical (unpaired) electrons. The Hall–Kier alpha value is -3.78. The Morgan fingerprint density at radius 3 is 2.60 bits per heavy atom. The zero-order chi connectivity index (χ0) is 28.3. The molecular weight excluding hydrogens is 557 g/mol. The molecule has 1 fully saturated rings. The molecule has 3 aromatic rings. The van der Waals surface area contributed by atoms with Crippen LogP contribution in [-0.4, -0.2) is 52.6 Å². The molecule has 2 aromatic carbocycles. The van der Waals surface area contributed by atoms with E-state index in [9.17, 15) is 22.3 Å². The van der Waals surface area contributed by atoms with Gasteiger partial charge in [0, 0.05) is 41.0 Å². The highest BCUT2D eigenvalue weighted by Crippen LogP contribution is 2.33.